The van der Waals surface area contributed by atoms with E-state index in [9.17, 15) is 9.59 Å². The van der Waals surface area contributed by atoms with Crippen LogP contribution in [0.5, 0.6) is 0 Å². The number of nitrogens with zero attached hydrogens (tertiary/aromatic N) is 1. The fourth-order valence-corrected chi connectivity index (χ4v) is 1.90. The van der Waals surface area contributed by atoms with E-state index in [1.807, 2.05) is 0 Å². The van der Waals surface area contributed by atoms with Crippen LogP contribution in [-0.2, 0) is 9.53 Å². The standard InChI is InChI=1S/C11H11ClN2O3/c12-8-4-2-1-3-7(8)9-10(15)14(6-5-13)11(16)17-9/h1-4,9H,5-6,13H2/t9-/m0/s1. The maximum Gasteiger partial charge on any atom is 0.417 e. The summed E-state index contributed by atoms with van der Waals surface area (Å²) in [5.74, 6) is -0.423. The SMILES string of the molecule is NCCN1C(=O)O[C@@H](c2ccccc2Cl)C1=O. The summed E-state index contributed by atoms with van der Waals surface area (Å²) < 4.78 is 5.00. The highest BCUT2D eigenvalue weighted by Crippen LogP contribution is 2.31. The molecule has 6 heteroatoms. The minimum atomic E-state index is -0.956. The van der Waals surface area contributed by atoms with Crippen molar-refractivity contribution in [1.82, 2.24) is 4.90 Å². The summed E-state index contributed by atoms with van der Waals surface area (Å²) in [6.45, 7) is 0.356. The highest BCUT2D eigenvalue weighted by molar-refractivity contribution is 6.31. The lowest BCUT2D eigenvalue weighted by Crippen LogP contribution is -2.34. The van der Waals surface area contributed by atoms with Gasteiger partial charge in [-0.25, -0.2) is 9.69 Å². The number of imide groups is 1. The number of rotatable bonds is 3. The number of carbonyl (C=O) groups is 2. The molecule has 0 aliphatic carbocycles. The Morgan fingerprint density at radius 1 is 1.35 bits per heavy atom. The number of halogens is 1. The molecular formula is C11H11ClN2O3. The molecule has 2 rings (SSSR count). The molecule has 0 unspecified atom stereocenters. The monoisotopic (exact) mass is 254 g/mol. The van der Waals surface area contributed by atoms with E-state index in [0.29, 0.717) is 10.6 Å². The van der Waals surface area contributed by atoms with Gasteiger partial charge in [-0.1, -0.05) is 29.8 Å². The maximum absolute atomic E-state index is 11.9. The zero-order chi connectivity index (χ0) is 12.4. The molecule has 1 atom stereocenters. The number of benzene rings is 1. The Morgan fingerprint density at radius 2 is 2.06 bits per heavy atom. The molecule has 5 nitrogen and oxygen atoms in total. The van der Waals surface area contributed by atoms with Gasteiger partial charge in [0.05, 0.1) is 0 Å². The highest BCUT2D eigenvalue weighted by Gasteiger charge is 2.41. The van der Waals surface area contributed by atoms with Crippen LogP contribution >= 0.6 is 11.6 Å². The first-order valence-electron chi connectivity index (χ1n) is 5.11. The number of carbonyl (C=O) groups excluding carboxylic acids is 2. The van der Waals surface area contributed by atoms with Crippen LogP contribution in [0.1, 0.15) is 11.7 Å². The Labute approximate surface area is 103 Å². The van der Waals surface area contributed by atoms with Gasteiger partial charge < -0.3 is 10.5 Å². The predicted octanol–water partition coefficient (Wildman–Crippen LogP) is 1.32. The van der Waals surface area contributed by atoms with Crippen LogP contribution in [0.3, 0.4) is 0 Å². The number of amides is 2. The third-order valence-corrected chi connectivity index (χ3v) is 2.81. The smallest absolute Gasteiger partial charge is 0.417 e. The Balaban J connectivity index is 2.28. The summed E-state index contributed by atoms with van der Waals surface area (Å²) in [5, 5.41) is 0.397. The second kappa shape index (κ2) is 4.73. The normalized spacial score (nSPS) is 19.6. The molecule has 1 aliphatic rings. The molecule has 17 heavy (non-hydrogen) atoms. The second-order valence-corrected chi connectivity index (χ2v) is 3.97. The largest absolute Gasteiger partial charge is 0.431 e. The molecule has 0 spiro atoms. The van der Waals surface area contributed by atoms with E-state index in [1.165, 1.54) is 0 Å². The van der Waals surface area contributed by atoms with Gasteiger partial charge in [-0.15, -0.1) is 0 Å². The lowest BCUT2D eigenvalue weighted by Gasteiger charge is -2.10. The van der Waals surface area contributed by atoms with Gasteiger partial charge in [-0.3, -0.25) is 4.79 Å². The molecule has 1 aromatic rings. The Morgan fingerprint density at radius 3 is 2.71 bits per heavy atom. The van der Waals surface area contributed by atoms with Crippen molar-refractivity contribution in [3.05, 3.63) is 34.9 Å². The zero-order valence-electron chi connectivity index (χ0n) is 8.93. The van der Waals surface area contributed by atoms with Gasteiger partial charge in [-0.2, -0.15) is 0 Å². The molecule has 2 N–H and O–H groups in total. The topological polar surface area (TPSA) is 72.6 Å². The molecular weight excluding hydrogens is 244 g/mol. The molecule has 2 amide bonds. The fraction of sp³-hybridized carbons (Fsp3) is 0.273. The van der Waals surface area contributed by atoms with Gasteiger partial charge in [0.1, 0.15) is 0 Å². The van der Waals surface area contributed by atoms with Gasteiger partial charge in [-0.05, 0) is 6.07 Å². The van der Waals surface area contributed by atoms with E-state index < -0.39 is 18.1 Å². The van der Waals surface area contributed by atoms with Crippen LogP contribution in [-0.4, -0.2) is 30.0 Å². The number of cyclic esters (lactones) is 1. The molecule has 0 radical (unpaired) electrons. The van der Waals surface area contributed by atoms with E-state index >= 15 is 0 Å². The van der Waals surface area contributed by atoms with Crippen LogP contribution in [0.2, 0.25) is 5.02 Å². The van der Waals surface area contributed by atoms with Crippen molar-refractivity contribution in [2.24, 2.45) is 5.73 Å². The van der Waals surface area contributed by atoms with Crippen LogP contribution in [0.4, 0.5) is 4.79 Å². The van der Waals surface area contributed by atoms with Crippen molar-refractivity contribution in [1.29, 1.82) is 0 Å². The predicted molar refractivity (Wildman–Crippen MR) is 61.4 cm³/mol. The minimum Gasteiger partial charge on any atom is -0.431 e. The third kappa shape index (κ3) is 2.11. The average Bonchev–Trinajstić information content (AvgIpc) is 2.58. The minimum absolute atomic E-state index is 0.151. The number of hydrogen-bond acceptors (Lipinski definition) is 4. The van der Waals surface area contributed by atoms with E-state index in [0.717, 1.165) is 4.90 Å². The quantitative estimate of drug-likeness (QED) is 0.883. The van der Waals surface area contributed by atoms with Gasteiger partial charge in [0.15, 0.2) is 0 Å². The second-order valence-electron chi connectivity index (χ2n) is 3.56. The lowest BCUT2D eigenvalue weighted by atomic mass is 10.1. The lowest BCUT2D eigenvalue weighted by molar-refractivity contribution is -0.129. The molecule has 0 saturated carbocycles. The van der Waals surface area contributed by atoms with Gasteiger partial charge in [0.25, 0.3) is 5.91 Å². The van der Waals surface area contributed by atoms with E-state index in [1.54, 1.807) is 24.3 Å². The molecule has 0 aromatic heterocycles. The Bertz CT molecular complexity index is 464. The number of ether oxygens (including phenoxy) is 1. The summed E-state index contributed by atoms with van der Waals surface area (Å²) in [6, 6.07) is 6.77. The summed E-state index contributed by atoms with van der Waals surface area (Å²) in [6.07, 6.45) is -1.63. The molecule has 1 aromatic carbocycles. The van der Waals surface area contributed by atoms with E-state index in [2.05, 4.69) is 0 Å². The average molecular weight is 255 g/mol. The molecule has 1 saturated heterocycles. The molecule has 90 valence electrons. The van der Waals surface area contributed by atoms with Crippen LogP contribution in [0.15, 0.2) is 24.3 Å². The molecule has 0 bridgehead atoms. The Kier molecular flexibility index (Phi) is 3.31. The summed E-state index contributed by atoms with van der Waals surface area (Å²) in [5.41, 5.74) is 5.81. The molecule has 1 heterocycles. The number of hydrogen-bond donors (Lipinski definition) is 1. The highest BCUT2D eigenvalue weighted by atomic mass is 35.5. The van der Waals surface area contributed by atoms with Gasteiger partial charge >= 0.3 is 6.09 Å². The van der Waals surface area contributed by atoms with Crippen LogP contribution in [0, 0.1) is 0 Å². The maximum atomic E-state index is 11.9. The van der Waals surface area contributed by atoms with Gasteiger partial charge in [0, 0.05) is 23.7 Å². The third-order valence-electron chi connectivity index (χ3n) is 2.47. The van der Waals surface area contributed by atoms with Crippen molar-refractivity contribution in [3.63, 3.8) is 0 Å². The van der Waals surface area contributed by atoms with E-state index in [4.69, 9.17) is 22.1 Å². The van der Waals surface area contributed by atoms with Crippen molar-refractivity contribution < 1.29 is 14.3 Å². The summed E-state index contributed by atoms with van der Waals surface area (Å²) in [4.78, 5) is 24.4. The van der Waals surface area contributed by atoms with Gasteiger partial charge in [0.2, 0.25) is 6.10 Å². The zero-order valence-corrected chi connectivity index (χ0v) is 9.68. The van der Waals surface area contributed by atoms with E-state index in [-0.39, 0.29) is 13.1 Å². The summed E-state index contributed by atoms with van der Waals surface area (Å²) >= 11 is 5.96. The molecule has 1 fully saturated rings. The fourth-order valence-electron chi connectivity index (χ4n) is 1.66. The van der Waals surface area contributed by atoms with Crippen LogP contribution in [0.25, 0.3) is 0 Å². The summed E-state index contributed by atoms with van der Waals surface area (Å²) in [7, 11) is 0. The first-order chi connectivity index (χ1) is 8.15. The van der Waals surface area contributed by atoms with Crippen molar-refractivity contribution in [2.45, 2.75) is 6.10 Å². The van der Waals surface area contributed by atoms with Crippen molar-refractivity contribution >= 4 is 23.6 Å². The van der Waals surface area contributed by atoms with Crippen molar-refractivity contribution in [2.75, 3.05) is 13.1 Å². The number of nitrogens with two attached hydrogens (primary N) is 1. The van der Waals surface area contributed by atoms with Crippen LogP contribution < -0.4 is 5.73 Å². The van der Waals surface area contributed by atoms with Crippen molar-refractivity contribution in [3.8, 4) is 0 Å². The Hall–Kier alpha value is -1.59. The molecule has 1 aliphatic heterocycles. The first kappa shape index (κ1) is 11.9. The first-order valence-corrected chi connectivity index (χ1v) is 5.49.